The van der Waals surface area contributed by atoms with E-state index in [2.05, 4.69) is 38.3 Å². The molecule has 4 saturated carbocycles. The Balaban J connectivity index is 1.38. The molecule has 0 bridgehead atoms. The molecule has 8 atom stereocenters. The van der Waals surface area contributed by atoms with E-state index in [1.54, 1.807) is 0 Å². The van der Waals surface area contributed by atoms with Crippen molar-refractivity contribution in [2.45, 2.75) is 104 Å². The number of fused-ring (bicyclic) bond motifs is 5. The fourth-order valence-corrected chi connectivity index (χ4v) is 8.05. The van der Waals surface area contributed by atoms with Crippen molar-refractivity contribution in [2.24, 2.45) is 34.5 Å². The number of nitrogens with one attached hydrogen (secondary N) is 2. The number of hydrogen-bond donors (Lipinski definition) is 3. The molecule has 4 aliphatic carbocycles. The van der Waals surface area contributed by atoms with Crippen LogP contribution in [0.3, 0.4) is 0 Å². The van der Waals surface area contributed by atoms with E-state index in [0.29, 0.717) is 11.5 Å². The lowest BCUT2D eigenvalue weighted by Gasteiger charge is -2.61. The molecule has 3 unspecified atom stereocenters. The maximum atomic E-state index is 10.6. The van der Waals surface area contributed by atoms with Crippen LogP contribution in [-0.4, -0.2) is 36.4 Å². The molecule has 0 aromatic heterocycles. The molecule has 3 heteroatoms. The summed E-state index contributed by atoms with van der Waals surface area (Å²) in [7, 11) is 0. The Labute approximate surface area is 167 Å². The average Bonchev–Trinajstić information content (AvgIpc) is 2.94. The molecule has 27 heavy (non-hydrogen) atoms. The van der Waals surface area contributed by atoms with Crippen LogP contribution in [0.4, 0.5) is 0 Å². The van der Waals surface area contributed by atoms with E-state index in [1.807, 2.05) is 0 Å². The van der Waals surface area contributed by atoms with Crippen LogP contribution >= 0.6 is 0 Å². The Kier molecular flexibility index (Phi) is 5.68. The number of aliphatic hydroxyl groups is 1. The second-order valence-electron chi connectivity index (χ2n) is 11.3. The van der Waals surface area contributed by atoms with Crippen LogP contribution < -0.4 is 10.6 Å². The zero-order chi connectivity index (χ0) is 19.2. The van der Waals surface area contributed by atoms with Gasteiger partial charge in [0.05, 0.1) is 6.10 Å². The van der Waals surface area contributed by atoms with Crippen molar-refractivity contribution >= 4 is 0 Å². The van der Waals surface area contributed by atoms with Gasteiger partial charge in [0.1, 0.15) is 0 Å². The zero-order valence-electron chi connectivity index (χ0n) is 18.3. The highest BCUT2D eigenvalue weighted by molar-refractivity contribution is 5.09. The van der Waals surface area contributed by atoms with Gasteiger partial charge in [-0.25, -0.2) is 0 Å². The molecule has 0 aromatic carbocycles. The van der Waals surface area contributed by atoms with Gasteiger partial charge in [-0.1, -0.05) is 27.7 Å². The molecule has 0 heterocycles. The zero-order valence-corrected chi connectivity index (χ0v) is 18.3. The van der Waals surface area contributed by atoms with Crippen LogP contribution in [0.2, 0.25) is 0 Å². The molecule has 4 rings (SSSR count). The Hall–Kier alpha value is -0.120. The van der Waals surface area contributed by atoms with Gasteiger partial charge in [-0.2, -0.15) is 0 Å². The first-order valence-electron chi connectivity index (χ1n) is 12.0. The van der Waals surface area contributed by atoms with Gasteiger partial charge >= 0.3 is 0 Å². The van der Waals surface area contributed by atoms with E-state index in [1.165, 1.54) is 51.4 Å². The summed E-state index contributed by atoms with van der Waals surface area (Å²) >= 11 is 0. The van der Waals surface area contributed by atoms with Crippen molar-refractivity contribution < 1.29 is 5.11 Å². The minimum Gasteiger partial charge on any atom is -0.393 e. The molecule has 3 N–H and O–H groups in total. The Morgan fingerprint density at radius 3 is 2.41 bits per heavy atom. The summed E-state index contributed by atoms with van der Waals surface area (Å²) in [4.78, 5) is 0. The highest BCUT2D eigenvalue weighted by Crippen LogP contribution is 2.66. The third-order valence-corrected chi connectivity index (χ3v) is 9.73. The molecule has 156 valence electrons. The molecular formula is C24H44N2O. The predicted molar refractivity (Wildman–Crippen MR) is 113 cm³/mol. The first-order valence-corrected chi connectivity index (χ1v) is 12.0. The molecule has 0 spiro atoms. The number of hydrogen-bond acceptors (Lipinski definition) is 3. The summed E-state index contributed by atoms with van der Waals surface area (Å²) in [6, 6.07) is 1.32. The minimum absolute atomic E-state index is 0.0339. The van der Waals surface area contributed by atoms with Crippen LogP contribution in [0.15, 0.2) is 0 Å². The van der Waals surface area contributed by atoms with Crippen molar-refractivity contribution in [3.8, 4) is 0 Å². The Bertz CT molecular complexity index is 523. The van der Waals surface area contributed by atoms with Gasteiger partial charge in [0.25, 0.3) is 0 Å². The topological polar surface area (TPSA) is 44.3 Å². The molecule has 0 aromatic rings. The third-order valence-electron chi connectivity index (χ3n) is 9.73. The van der Waals surface area contributed by atoms with Crippen molar-refractivity contribution in [2.75, 3.05) is 13.1 Å². The lowest BCUT2D eigenvalue weighted by atomic mass is 9.45. The van der Waals surface area contributed by atoms with E-state index in [9.17, 15) is 5.11 Å². The normalized spacial score (nSPS) is 49.6. The van der Waals surface area contributed by atoms with E-state index in [4.69, 9.17) is 0 Å². The fourth-order valence-electron chi connectivity index (χ4n) is 8.05. The summed E-state index contributed by atoms with van der Waals surface area (Å²) in [5.41, 5.74) is 0.790. The van der Waals surface area contributed by atoms with Crippen LogP contribution in [0.5, 0.6) is 0 Å². The first kappa shape index (κ1) is 20.2. The van der Waals surface area contributed by atoms with E-state index >= 15 is 0 Å². The smallest absolute Gasteiger partial charge is 0.0596 e. The second kappa shape index (κ2) is 7.61. The highest BCUT2D eigenvalue weighted by atomic mass is 16.3. The van der Waals surface area contributed by atoms with Gasteiger partial charge in [0.2, 0.25) is 0 Å². The number of aliphatic hydroxyl groups excluding tert-OH is 1. The molecule has 0 radical (unpaired) electrons. The van der Waals surface area contributed by atoms with Crippen LogP contribution in [0, 0.1) is 34.5 Å². The van der Waals surface area contributed by atoms with Gasteiger partial charge in [-0.3, -0.25) is 0 Å². The van der Waals surface area contributed by atoms with Crippen LogP contribution in [0.1, 0.15) is 85.5 Å². The van der Waals surface area contributed by atoms with E-state index in [0.717, 1.165) is 49.2 Å². The molecule has 0 aliphatic heterocycles. The Morgan fingerprint density at radius 1 is 0.889 bits per heavy atom. The minimum atomic E-state index is -0.0339. The number of rotatable bonds is 5. The van der Waals surface area contributed by atoms with Gasteiger partial charge in [0.15, 0.2) is 0 Å². The summed E-state index contributed by atoms with van der Waals surface area (Å²) < 4.78 is 0. The van der Waals surface area contributed by atoms with Crippen LogP contribution in [0.25, 0.3) is 0 Å². The largest absolute Gasteiger partial charge is 0.393 e. The van der Waals surface area contributed by atoms with E-state index in [-0.39, 0.29) is 11.5 Å². The summed E-state index contributed by atoms with van der Waals surface area (Å²) in [5, 5.41) is 18.0. The predicted octanol–water partition coefficient (Wildman–Crippen LogP) is 4.35. The summed E-state index contributed by atoms with van der Waals surface area (Å²) in [6.45, 7) is 11.7. The van der Waals surface area contributed by atoms with Gasteiger partial charge in [-0.15, -0.1) is 0 Å². The second-order valence-corrected chi connectivity index (χ2v) is 11.3. The van der Waals surface area contributed by atoms with Crippen molar-refractivity contribution in [3.05, 3.63) is 0 Å². The lowest BCUT2D eigenvalue weighted by molar-refractivity contribution is -0.123. The van der Waals surface area contributed by atoms with Crippen molar-refractivity contribution in [1.82, 2.24) is 10.6 Å². The SMILES string of the molecule is CC(C)NCCN[C@@H]1CC[C@]2(C)C3CC[C@@]4(C)C(CC[C@@H]4O)C3CC[C@H]2C1. The lowest BCUT2D eigenvalue weighted by Crippen LogP contribution is -2.55. The standard InChI is InChI=1S/C24H44N2O/c1-16(2)25-13-14-26-18-9-11-23(3)17(15-18)5-6-19-20-7-8-22(27)24(20,4)12-10-21(19)23/h16-22,25-27H,5-15H2,1-4H3/t17-,18+,19?,20?,21?,22-,23-,24-/m0/s1. The van der Waals surface area contributed by atoms with Crippen molar-refractivity contribution in [1.29, 1.82) is 0 Å². The average molecular weight is 377 g/mol. The van der Waals surface area contributed by atoms with Gasteiger partial charge in [-0.05, 0) is 92.3 Å². The summed E-state index contributed by atoms with van der Waals surface area (Å²) in [5.74, 6) is 3.52. The maximum absolute atomic E-state index is 10.6. The molecule has 4 aliphatic rings. The van der Waals surface area contributed by atoms with Crippen LogP contribution in [-0.2, 0) is 0 Å². The highest BCUT2D eigenvalue weighted by Gasteiger charge is 2.59. The molecule has 3 nitrogen and oxygen atoms in total. The Morgan fingerprint density at radius 2 is 1.63 bits per heavy atom. The fraction of sp³-hybridized carbons (Fsp3) is 1.00. The third kappa shape index (κ3) is 3.51. The molecular weight excluding hydrogens is 332 g/mol. The monoisotopic (exact) mass is 376 g/mol. The molecule has 4 fully saturated rings. The molecule has 0 amide bonds. The first-order chi connectivity index (χ1) is 12.8. The van der Waals surface area contributed by atoms with Crippen molar-refractivity contribution in [3.63, 3.8) is 0 Å². The maximum Gasteiger partial charge on any atom is 0.0596 e. The van der Waals surface area contributed by atoms with Gasteiger partial charge in [0, 0.05) is 25.2 Å². The van der Waals surface area contributed by atoms with Gasteiger partial charge < -0.3 is 15.7 Å². The molecule has 0 saturated heterocycles. The van der Waals surface area contributed by atoms with E-state index < -0.39 is 0 Å². The quantitative estimate of drug-likeness (QED) is 0.625. The summed E-state index contributed by atoms with van der Waals surface area (Å²) in [6.07, 6.45) is 12.0.